The number of benzene rings is 2. The normalized spacial score (nSPS) is 25.7. The molecular formula is C23H31Cl3N2O2. The molecule has 1 aliphatic heterocycles. The molecule has 1 heterocycles. The molecule has 1 saturated carbocycles. The Morgan fingerprint density at radius 3 is 2.33 bits per heavy atom. The van der Waals surface area contributed by atoms with E-state index in [0.717, 1.165) is 44.6 Å². The highest BCUT2D eigenvalue weighted by Gasteiger charge is 2.42. The molecule has 4 nitrogen and oxygen atoms in total. The minimum atomic E-state index is -0.421. The van der Waals surface area contributed by atoms with Gasteiger partial charge in [-0.2, -0.15) is 0 Å². The van der Waals surface area contributed by atoms with Crippen LogP contribution < -0.4 is 10.5 Å². The molecule has 4 atom stereocenters. The van der Waals surface area contributed by atoms with Crippen molar-refractivity contribution in [2.45, 2.75) is 38.0 Å². The van der Waals surface area contributed by atoms with E-state index in [9.17, 15) is 5.11 Å². The minimum Gasteiger partial charge on any atom is -0.488 e. The van der Waals surface area contributed by atoms with Crippen molar-refractivity contribution in [3.05, 3.63) is 64.7 Å². The lowest BCUT2D eigenvalue weighted by Gasteiger charge is -2.35. The number of hydrogen-bond donors (Lipinski definition) is 2. The van der Waals surface area contributed by atoms with E-state index in [4.69, 9.17) is 22.1 Å². The highest BCUT2D eigenvalue weighted by Crippen LogP contribution is 2.38. The lowest BCUT2D eigenvalue weighted by atomic mass is 9.78. The molecule has 166 valence electrons. The van der Waals surface area contributed by atoms with Gasteiger partial charge in [-0.1, -0.05) is 41.9 Å². The second kappa shape index (κ2) is 11.6. The quantitative estimate of drug-likeness (QED) is 0.655. The van der Waals surface area contributed by atoms with Crippen LogP contribution in [0.1, 0.15) is 24.0 Å². The summed E-state index contributed by atoms with van der Waals surface area (Å²) in [5.74, 6) is 1.86. The predicted octanol–water partition coefficient (Wildman–Crippen LogP) is 4.34. The second-order valence-electron chi connectivity index (χ2n) is 8.22. The van der Waals surface area contributed by atoms with Crippen LogP contribution in [-0.2, 0) is 13.0 Å². The summed E-state index contributed by atoms with van der Waals surface area (Å²) in [7, 11) is 0. The molecule has 7 heteroatoms. The lowest BCUT2D eigenvalue weighted by molar-refractivity contribution is -0.0231. The van der Waals surface area contributed by atoms with E-state index >= 15 is 0 Å². The van der Waals surface area contributed by atoms with E-state index in [1.165, 1.54) is 11.1 Å². The second-order valence-corrected chi connectivity index (χ2v) is 8.66. The first-order valence-electron chi connectivity index (χ1n) is 10.2. The van der Waals surface area contributed by atoms with Crippen molar-refractivity contribution in [1.82, 2.24) is 4.90 Å². The maximum absolute atomic E-state index is 10.6. The third-order valence-corrected chi connectivity index (χ3v) is 6.34. The number of fused-ring (bicyclic) bond motifs is 1. The third kappa shape index (κ3) is 6.25. The Kier molecular flexibility index (Phi) is 9.73. The fourth-order valence-corrected chi connectivity index (χ4v) is 4.87. The van der Waals surface area contributed by atoms with Crippen LogP contribution in [0.25, 0.3) is 0 Å². The highest BCUT2D eigenvalue weighted by molar-refractivity contribution is 6.30. The molecule has 30 heavy (non-hydrogen) atoms. The number of likely N-dealkylation sites (tertiary alicyclic amines) is 1. The lowest BCUT2D eigenvalue weighted by Crippen LogP contribution is -2.42. The Bertz CT molecular complexity index is 790. The summed E-state index contributed by atoms with van der Waals surface area (Å²) in [6.07, 6.45) is 2.05. The Balaban J connectivity index is 0.00000160. The zero-order valence-corrected chi connectivity index (χ0v) is 19.3. The molecule has 0 radical (unpaired) electrons. The van der Waals surface area contributed by atoms with E-state index in [1.807, 2.05) is 24.3 Å². The first kappa shape index (κ1) is 25.3. The number of halogens is 3. The molecule has 2 aromatic carbocycles. The Morgan fingerprint density at radius 1 is 1.00 bits per heavy atom. The summed E-state index contributed by atoms with van der Waals surface area (Å²) in [6.45, 7) is 3.77. The third-order valence-electron chi connectivity index (χ3n) is 6.11. The van der Waals surface area contributed by atoms with Crippen molar-refractivity contribution < 1.29 is 9.84 Å². The molecule has 0 bridgehead atoms. The summed E-state index contributed by atoms with van der Waals surface area (Å²) < 4.78 is 6.08. The predicted molar refractivity (Wildman–Crippen MR) is 127 cm³/mol. The largest absolute Gasteiger partial charge is 0.488 e. The first-order chi connectivity index (χ1) is 13.6. The maximum atomic E-state index is 10.6. The number of ether oxygens (including phenoxy) is 1. The van der Waals surface area contributed by atoms with Crippen molar-refractivity contribution in [3.63, 3.8) is 0 Å². The van der Waals surface area contributed by atoms with Crippen LogP contribution in [0.5, 0.6) is 5.75 Å². The van der Waals surface area contributed by atoms with Crippen LogP contribution in [-0.4, -0.2) is 41.8 Å². The molecule has 0 spiro atoms. The number of rotatable bonds is 6. The van der Waals surface area contributed by atoms with Gasteiger partial charge in [-0.05, 0) is 67.0 Å². The van der Waals surface area contributed by atoms with Crippen molar-refractivity contribution in [2.75, 3.05) is 19.6 Å². The molecule has 2 fully saturated rings. The van der Waals surface area contributed by atoms with Crippen LogP contribution in [0.2, 0.25) is 5.02 Å². The Labute approximate surface area is 196 Å². The summed E-state index contributed by atoms with van der Waals surface area (Å²) in [5.41, 5.74) is 8.27. The zero-order valence-electron chi connectivity index (χ0n) is 17.0. The zero-order chi connectivity index (χ0) is 19.5. The van der Waals surface area contributed by atoms with Crippen LogP contribution >= 0.6 is 36.4 Å². The van der Waals surface area contributed by atoms with E-state index in [2.05, 4.69) is 29.2 Å². The van der Waals surface area contributed by atoms with E-state index in [1.54, 1.807) is 0 Å². The van der Waals surface area contributed by atoms with Crippen LogP contribution in [0.4, 0.5) is 0 Å². The fraction of sp³-hybridized carbons (Fsp3) is 0.478. The molecule has 1 saturated heterocycles. The molecule has 3 N–H and O–H groups in total. The summed E-state index contributed by atoms with van der Waals surface area (Å²) in [4.78, 5) is 2.52. The van der Waals surface area contributed by atoms with Crippen LogP contribution in [0, 0.1) is 11.8 Å². The van der Waals surface area contributed by atoms with Gasteiger partial charge in [0.25, 0.3) is 0 Å². The minimum absolute atomic E-state index is 0. The highest BCUT2D eigenvalue weighted by atomic mass is 35.5. The van der Waals surface area contributed by atoms with Crippen molar-refractivity contribution in [3.8, 4) is 5.75 Å². The van der Waals surface area contributed by atoms with Crippen LogP contribution in [0.3, 0.4) is 0 Å². The van der Waals surface area contributed by atoms with Gasteiger partial charge in [0.15, 0.2) is 0 Å². The molecule has 2 aromatic rings. The molecule has 2 aliphatic rings. The van der Waals surface area contributed by atoms with Gasteiger partial charge in [-0.3, -0.25) is 4.90 Å². The Hall–Kier alpha value is -1.01. The monoisotopic (exact) mass is 472 g/mol. The van der Waals surface area contributed by atoms with E-state index in [0.29, 0.717) is 23.4 Å². The fourth-order valence-electron chi connectivity index (χ4n) is 4.69. The van der Waals surface area contributed by atoms with E-state index in [-0.39, 0.29) is 30.9 Å². The van der Waals surface area contributed by atoms with Gasteiger partial charge in [0.2, 0.25) is 0 Å². The van der Waals surface area contributed by atoms with Gasteiger partial charge in [0.05, 0.1) is 6.10 Å². The number of nitrogens with zero attached hydrogens (tertiary/aromatic N) is 1. The van der Waals surface area contributed by atoms with Crippen molar-refractivity contribution >= 4 is 36.4 Å². The van der Waals surface area contributed by atoms with E-state index < -0.39 is 6.10 Å². The standard InChI is InChI=1S/C23H29ClN2O2.2ClH/c24-20-2-1-3-21(12-20)28-23-11-19-15-26(14-18(19)10-22(23)27)13-17-6-4-16(5-7-17)8-9-25;;/h1-7,12,18-19,22-23,27H,8-11,13-15,25H2;2*1H/t18-,19+,22+,23+;;/m0../s1. The number of nitrogens with two attached hydrogens (primary N) is 1. The number of aliphatic hydroxyl groups is 1. The summed E-state index contributed by atoms with van der Waals surface area (Å²) >= 11 is 6.06. The van der Waals surface area contributed by atoms with Gasteiger partial charge in [-0.25, -0.2) is 0 Å². The SMILES string of the molecule is Cl.Cl.NCCc1ccc(CN2C[C@H]3C[C@@H](Oc4cccc(Cl)c4)[C@H](O)C[C@H]3C2)cc1. The molecule has 0 amide bonds. The van der Waals surface area contributed by atoms with Crippen molar-refractivity contribution in [2.24, 2.45) is 17.6 Å². The molecule has 0 unspecified atom stereocenters. The topological polar surface area (TPSA) is 58.7 Å². The van der Waals surface area contributed by atoms with Crippen LogP contribution in [0.15, 0.2) is 48.5 Å². The van der Waals surface area contributed by atoms with Gasteiger partial charge >= 0.3 is 0 Å². The average molecular weight is 474 g/mol. The molecular weight excluding hydrogens is 443 g/mol. The number of aliphatic hydroxyl groups excluding tert-OH is 1. The van der Waals surface area contributed by atoms with Gasteiger partial charge in [-0.15, -0.1) is 24.8 Å². The molecule has 1 aliphatic carbocycles. The van der Waals surface area contributed by atoms with Crippen molar-refractivity contribution in [1.29, 1.82) is 0 Å². The maximum Gasteiger partial charge on any atom is 0.125 e. The van der Waals surface area contributed by atoms with Gasteiger partial charge < -0.3 is 15.6 Å². The number of hydrogen-bond acceptors (Lipinski definition) is 4. The summed E-state index contributed by atoms with van der Waals surface area (Å²) in [6, 6.07) is 16.2. The summed E-state index contributed by atoms with van der Waals surface area (Å²) in [5, 5.41) is 11.3. The van der Waals surface area contributed by atoms with Gasteiger partial charge in [0.1, 0.15) is 11.9 Å². The molecule has 4 rings (SSSR count). The first-order valence-corrected chi connectivity index (χ1v) is 10.6. The molecule has 0 aromatic heterocycles. The Morgan fingerprint density at radius 2 is 1.67 bits per heavy atom. The average Bonchev–Trinajstić information content (AvgIpc) is 3.05. The smallest absolute Gasteiger partial charge is 0.125 e. The van der Waals surface area contributed by atoms with Gasteiger partial charge in [0, 0.05) is 24.7 Å².